The van der Waals surface area contributed by atoms with E-state index >= 15 is 0 Å². The molecule has 3 nitrogen and oxygen atoms in total. The minimum absolute atomic E-state index is 0.689. The fourth-order valence-corrected chi connectivity index (χ4v) is 2.72. The van der Waals surface area contributed by atoms with Crippen molar-refractivity contribution in [1.29, 1.82) is 0 Å². The molecule has 16 heavy (non-hydrogen) atoms. The molecule has 1 aliphatic rings. The lowest BCUT2D eigenvalue weighted by atomic mass is 9.87. The predicted octanol–water partition coefficient (Wildman–Crippen LogP) is 1.73. The van der Waals surface area contributed by atoms with E-state index in [1.807, 2.05) is 0 Å². The van der Waals surface area contributed by atoms with Crippen molar-refractivity contribution in [2.45, 2.75) is 45.7 Å². The van der Waals surface area contributed by atoms with Crippen LogP contribution in [0.1, 0.15) is 33.6 Å². The van der Waals surface area contributed by atoms with Gasteiger partial charge in [0, 0.05) is 32.3 Å². The highest BCUT2D eigenvalue weighted by atomic mass is 16.5. The first-order valence-electron chi connectivity index (χ1n) is 6.67. The summed E-state index contributed by atoms with van der Waals surface area (Å²) in [7, 11) is 1.78. The van der Waals surface area contributed by atoms with Crippen LogP contribution in [0.25, 0.3) is 0 Å². The van der Waals surface area contributed by atoms with Crippen molar-refractivity contribution >= 4 is 0 Å². The van der Waals surface area contributed by atoms with E-state index in [-0.39, 0.29) is 0 Å². The molecule has 0 bridgehead atoms. The number of ether oxygens (including phenoxy) is 1. The molecule has 0 saturated carbocycles. The maximum atomic E-state index is 5.12. The highest BCUT2D eigenvalue weighted by Crippen LogP contribution is 2.23. The predicted molar refractivity (Wildman–Crippen MR) is 68.8 cm³/mol. The second-order valence-electron chi connectivity index (χ2n) is 4.93. The summed E-state index contributed by atoms with van der Waals surface area (Å²) in [6.45, 7) is 11.3. The van der Waals surface area contributed by atoms with E-state index in [2.05, 4.69) is 31.0 Å². The molecule has 0 aromatic heterocycles. The Hall–Kier alpha value is -0.120. The van der Waals surface area contributed by atoms with Crippen molar-refractivity contribution in [3.8, 4) is 0 Å². The van der Waals surface area contributed by atoms with Crippen LogP contribution in [0.15, 0.2) is 0 Å². The summed E-state index contributed by atoms with van der Waals surface area (Å²) in [5, 5.41) is 3.60. The number of hydrogen-bond donors (Lipinski definition) is 1. The van der Waals surface area contributed by atoms with Crippen LogP contribution in [0.4, 0.5) is 0 Å². The average Bonchev–Trinajstić information content (AvgIpc) is 2.28. The van der Waals surface area contributed by atoms with Gasteiger partial charge in [-0.3, -0.25) is 0 Å². The second kappa shape index (κ2) is 7.25. The van der Waals surface area contributed by atoms with Gasteiger partial charge in [-0.1, -0.05) is 13.8 Å². The van der Waals surface area contributed by atoms with Gasteiger partial charge in [0.15, 0.2) is 0 Å². The molecule has 0 aromatic carbocycles. The molecule has 1 N–H and O–H groups in total. The highest BCUT2D eigenvalue weighted by molar-refractivity contribution is 4.88. The number of likely N-dealkylation sites (tertiary alicyclic amines) is 1. The molecule has 0 spiro atoms. The van der Waals surface area contributed by atoms with Gasteiger partial charge in [-0.15, -0.1) is 0 Å². The lowest BCUT2D eigenvalue weighted by molar-refractivity contribution is 0.0750. The summed E-state index contributed by atoms with van der Waals surface area (Å²) in [5.74, 6) is 0.747. The molecular formula is C13H28N2O. The smallest absolute Gasteiger partial charge is 0.0474 e. The molecule has 3 atom stereocenters. The van der Waals surface area contributed by atoms with Gasteiger partial charge in [-0.25, -0.2) is 0 Å². The molecule has 1 heterocycles. The third-order valence-corrected chi connectivity index (χ3v) is 3.96. The molecular weight excluding hydrogens is 200 g/mol. The van der Waals surface area contributed by atoms with Crippen LogP contribution in [-0.4, -0.2) is 50.3 Å². The van der Waals surface area contributed by atoms with Crippen LogP contribution >= 0.6 is 0 Å². The van der Waals surface area contributed by atoms with E-state index in [1.54, 1.807) is 7.11 Å². The van der Waals surface area contributed by atoms with Gasteiger partial charge < -0.3 is 15.0 Å². The Morgan fingerprint density at radius 2 is 2.12 bits per heavy atom. The standard InChI is InChI=1S/C13H28N2O/c1-5-14-13-7-9-15(8-6-10-16-4)12(3)11(13)2/h11-14H,5-10H2,1-4H3. The molecule has 3 heteroatoms. The van der Waals surface area contributed by atoms with Crippen LogP contribution in [0.3, 0.4) is 0 Å². The number of piperidine rings is 1. The zero-order valence-corrected chi connectivity index (χ0v) is 11.3. The SMILES string of the molecule is CCNC1CCN(CCCOC)C(C)C1C. The zero-order chi connectivity index (χ0) is 12.0. The first-order valence-corrected chi connectivity index (χ1v) is 6.67. The highest BCUT2D eigenvalue weighted by Gasteiger charge is 2.31. The summed E-state index contributed by atoms with van der Waals surface area (Å²) in [5.41, 5.74) is 0. The quantitative estimate of drug-likeness (QED) is 0.701. The number of hydrogen-bond acceptors (Lipinski definition) is 3. The normalized spacial score (nSPS) is 31.9. The minimum atomic E-state index is 0.689. The van der Waals surface area contributed by atoms with Crippen LogP contribution in [-0.2, 0) is 4.74 Å². The molecule has 0 aliphatic carbocycles. The van der Waals surface area contributed by atoms with Crippen LogP contribution in [0.2, 0.25) is 0 Å². The van der Waals surface area contributed by atoms with Crippen molar-refractivity contribution in [2.75, 3.05) is 33.4 Å². The molecule has 1 aliphatic heterocycles. The minimum Gasteiger partial charge on any atom is -0.385 e. The van der Waals surface area contributed by atoms with E-state index in [0.29, 0.717) is 12.1 Å². The first-order chi connectivity index (χ1) is 7.70. The summed E-state index contributed by atoms with van der Waals surface area (Å²) >= 11 is 0. The van der Waals surface area contributed by atoms with Gasteiger partial charge in [0.05, 0.1) is 0 Å². The number of methoxy groups -OCH3 is 1. The monoisotopic (exact) mass is 228 g/mol. The molecule has 0 aromatic rings. The van der Waals surface area contributed by atoms with Gasteiger partial charge in [0.1, 0.15) is 0 Å². The van der Waals surface area contributed by atoms with E-state index in [9.17, 15) is 0 Å². The fourth-order valence-electron chi connectivity index (χ4n) is 2.72. The summed E-state index contributed by atoms with van der Waals surface area (Å²) in [6.07, 6.45) is 2.44. The summed E-state index contributed by atoms with van der Waals surface area (Å²) in [6, 6.07) is 1.40. The van der Waals surface area contributed by atoms with Gasteiger partial charge >= 0.3 is 0 Å². The van der Waals surface area contributed by atoms with Gasteiger partial charge in [-0.05, 0) is 38.8 Å². The summed E-state index contributed by atoms with van der Waals surface area (Å²) in [4.78, 5) is 2.61. The number of rotatable bonds is 6. The Morgan fingerprint density at radius 3 is 2.75 bits per heavy atom. The maximum absolute atomic E-state index is 5.12. The van der Waals surface area contributed by atoms with Crippen LogP contribution in [0.5, 0.6) is 0 Å². The molecule has 0 radical (unpaired) electrons. The third-order valence-electron chi connectivity index (χ3n) is 3.96. The topological polar surface area (TPSA) is 24.5 Å². The van der Waals surface area contributed by atoms with Crippen LogP contribution in [0, 0.1) is 5.92 Å². The van der Waals surface area contributed by atoms with E-state index in [4.69, 9.17) is 4.74 Å². The van der Waals surface area contributed by atoms with Gasteiger partial charge in [-0.2, -0.15) is 0 Å². The van der Waals surface area contributed by atoms with Gasteiger partial charge in [0.25, 0.3) is 0 Å². The Kier molecular flexibility index (Phi) is 6.32. The molecule has 1 saturated heterocycles. The van der Waals surface area contributed by atoms with E-state index < -0.39 is 0 Å². The fraction of sp³-hybridized carbons (Fsp3) is 1.00. The zero-order valence-electron chi connectivity index (χ0n) is 11.3. The number of nitrogens with one attached hydrogen (secondary N) is 1. The van der Waals surface area contributed by atoms with Crippen molar-refractivity contribution in [3.05, 3.63) is 0 Å². The molecule has 3 unspecified atom stereocenters. The Labute approximate surface area is 101 Å². The van der Waals surface area contributed by atoms with Crippen LogP contribution < -0.4 is 5.32 Å². The Bertz CT molecular complexity index is 187. The average molecular weight is 228 g/mol. The number of nitrogens with zero attached hydrogens (tertiary/aromatic N) is 1. The molecule has 1 rings (SSSR count). The third kappa shape index (κ3) is 3.72. The van der Waals surface area contributed by atoms with Crippen molar-refractivity contribution in [2.24, 2.45) is 5.92 Å². The molecule has 0 amide bonds. The lowest BCUT2D eigenvalue weighted by Crippen LogP contribution is -2.53. The van der Waals surface area contributed by atoms with Crippen molar-refractivity contribution < 1.29 is 4.74 Å². The van der Waals surface area contributed by atoms with E-state index in [0.717, 1.165) is 25.5 Å². The first kappa shape index (κ1) is 13.9. The summed E-state index contributed by atoms with van der Waals surface area (Å²) < 4.78 is 5.12. The van der Waals surface area contributed by atoms with E-state index in [1.165, 1.54) is 19.5 Å². The second-order valence-corrected chi connectivity index (χ2v) is 4.93. The van der Waals surface area contributed by atoms with Crippen molar-refractivity contribution in [3.63, 3.8) is 0 Å². The largest absolute Gasteiger partial charge is 0.385 e. The lowest BCUT2D eigenvalue weighted by Gasteiger charge is -2.43. The Balaban J connectivity index is 2.35. The molecule has 96 valence electrons. The van der Waals surface area contributed by atoms with Gasteiger partial charge in [0.2, 0.25) is 0 Å². The van der Waals surface area contributed by atoms with Crippen molar-refractivity contribution in [1.82, 2.24) is 10.2 Å². The Morgan fingerprint density at radius 1 is 1.38 bits per heavy atom. The molecule has 1 fully saturated rings. The maximum Gasteiger partial charge on any atom is 0.0474 e.